The van der Waals surface area contributed by atoms with Gasteiger partial charge in [0.2, 0.25) is 5.91 Å². The average molecular weight is 227 g/mol. The van der Waals surface area contributed by atoms with Gasteiger partial charge in [-0.25, -0.2) is 0 Å². The molecule has 4 heteroatoms. The zero-order valence-corrected chi connectivity index (χ0v) is 9.87. The van der Waals surface area contributed by atoms with Crippen molar-refractivity contribution in [2.24, 2.45) is 0 Å². The van der Waals surface area contributed by atoms with Crippen LogP contribution in [0, 0.1) is 0 Å². The monoisotopic (exact) mass is 227 g/mol. The lowest BCUT2D eigenvalue weighted by Gasteiger charge is -1.99. The van der Waals surface area contributed by atoms with Crippen LogP contribution in [0.25, 0.3) is 0 Å². The van der Waals surface area contributed by atoms with Gasteiger partial charge in [-0.1, -0.05) is 25.8 Å². The molecule has 0 rings (SSSR count). The number of aliphatic carboxylic acids is 1. The Labute approximate surface area is 96.7 Å². The molecule has 1 amide bonds. The lowest BCUT2D eigenvalue weighted by molar-refractivity contribution is -0.137. The number of amides is 1. The van der Waals surface area contributed by atoms with Crippen molar-refractivity contribution in [1.29, 1.82) is 0 Å². The maximum Gasteiger partial charge on any atom is 0.303 e. The number of rotatable bonds is 9. The molecule has 92 valence electrons. The lowest BCUT2D eigenvalue weighted by atomic mass is 10.2. The quantitative estimate of drug-likeness (QED) is 0.468. The summed E-state index contributed by atoms with van der Waals surface area (Å²) in [4.78, 5) is 21.4. The van der Waals surface area contributed by atoms with Crippen molar-refractivity contribution in [2.45, 2.75) is 45.4 Å². The fourth-order valence-electron chi connectivity index (χ4n) is 1.21. The second-order valence-corrected chi connectivity index (χ2v) is 3.69. The van der Waals surface area contributed by atoms with Gasteiger partial charge >= 0.3 is 5.97 Å². The molecule has 0 radical (unpaired) electrons. The molecule has 4 nitrogen and oxygen atoms in total. The molecule has 0 aliphatic carbocycles. The molecule has 0 saturated carbocycles. The topological polar surface area (TPSA) is 66.4 Å². The minimum Gasteiger partial charge on any atom is -0.481 e. The van der Waals surface area contributed by atoms with Gasteiger partial charge in [-0.3, -0.25) is 9.59 Å². The second kappa shape index (κ2) is 10.2. The molecule has 0 aliphatic rings. The third kappa shape index (κ3) is 10.8. The molecule has 16 heavy (non-hydrogen) atoms. The number of nitrogens with one attached hydrogen (secondary N) is 1. The van der Waals surface area contributed by atoms with E-state index in [1.807, 2.05) is 6.08 Å². The minimum absolute atomic E-state index is 0.0977. The number of carbonyl (C=O) groups excluding carboxylic acids is 1. The summed E-state index contributed by atoms with van der Waals surface area (Å²) in [7, 11) is 0. The predicted octanol–water partition coefficient (Wildman–Crippen LogP) is 2.10. The maximum absolute atomic E-state index is 11.2. The third-order valence-corrected chi connectivity index (χ3v) is 2.11. The number of carbonyl (C=O) groups is 2. The number of hydrogen-bond donors (Lipinski definition) is 2. The first-order valence-electron chi connectivity index (χ1n) is 5.83. The molecule has 0 aromatic carbocycles. The highest BCUT2D eigenvalue weighted by Gasteiger charge is 1.97. The largest absolute Gasteiger partial charge is 0.481 e. The smallest absolute Gasteiger partial charge is 0.303 e. The highest BCUT2D eigenvalue weighted by atomic mass is 16.4. The standard InChI is InChI=1S/C12H21NO3/c1-2-3-4-5-6-8-11(14)13-10-7-9-12(15)16/h6,8H,2-5,7,9-10H2,1H3,(H,13,14)(H,15,16)/b8-6+. The molecule has 0 bridgehead atoms. The van der Waals surface area contributed by atoms with Crippen LogP contribution in [0.1, 0.15) is 45.4 Å². The fourth-order valence-corrected chi connectivity index (χ4v) is 1.21. The van der Waals surface area contributed by atoms with E-state index in [-0.39, 0.29) is 12.3 Å². The molecule has 2 N–H and O–H groups in total. The molecule has 0 aromatic rings. The van der Waals surface area contributed by atoms with E-state index in [9.17, 15) is 9.59 Å². The van der Waals surface area contributed by atoms with E-state index in [0.717, 1.165) is 12.8 Å². The van der Waals surface area contributed by atoms with Gasteiger partial charge in [-0.15, -0.1) is 0 Å². The van der Waals surface area contributed by atoms with E-state index in [2.05, 4.69) is 12.2 Å². The van der Waals surface area contributed by atoms with Crippen LogP contribution in [-0.2, 0) is 9.59 Å². The van der Waals surface area contributed by atoms with E-state index in [4.69, 9.17) is 5.11 Å². The van der Waals surface area contributed by atoms with Crippen LogP contribution in [0.3, 0.4) is 0 Å². The van der Waals surface area contributed by atoms with Crippen LogP contribution in [0.5, 0.6) is 0 Å². The predicted molar refractivity (Wildman–Crippen MR) is 63.2 cm³/mol. The number of carboxylic acids is 1. The zero-order valence-electron chi connectivity index (χ0n) is 9.87. The molecule has 0 spiro atoms. The van der Waals surface area contributed by atoms with Gasteiger partial charge in [-0.05, 0) is 25.3 Å². The van der Waals surface area contributed by atoms with Gasteiger partial charge in [0.1, 0.15) is 0 Å². The van der Waals surface area contributed by atoms with Gasteiger partial charge < -0.3 is 10.4 Å². The summed E-state index contributed by atoms with van der Waals surface area (Å²) in [6.07, 6.45) is 8.36. The van der Waals surface area contributed by atoms with Crippen molar-refractivity contribution in [3.8, 4) is 0 Å². The van der Waals surface area contributed by atoms with Crippen molar-refractivity contribution in [3.05, 3.63) is 12.2 Å². The Morgan fingerprint density at radius 1 is 1.25 bits per heavy atom. The first-order chi connectivity index (χ1) is 7.66. The van der Waals surface area contributed by atoms with E-state index < -0.39 is 5.97 Å². The molecular weight excluding hydrogens is 206 g/mol. The first-order valence-corrected chi connectivity index (χ1v) is 5.83. The van der Waals surface area contributed by atoms with Gasteiger partial charge in [-0.2, -0.15) is 0 Å². The van der Waals surface area contributed by atoms with E-state index in [0.29, 0.717) is 13.0 Å². The summed E-state index contributed by atoms with van der Waals surface area (Å²) >= 11 is 0. The third-order valence-electron chi connectivity index (χ3n) is 2.11. The van der Waals surface area contributed by atoms with Crippen molar-refractivity contribution < 1.29 is 14.7 Å². The molecular formula is C12H21NO3. The summed E-state index contributed by atoms with van der Waals surface area (Å²) in [6.45, 7) is 2.56. The Morgan fingerprint density at radius 2 is 2.00 bits per heavy atom. The van der Waals surface area contributed by atoms with Gasteiger partial charge in [0.25, 0.3) is 0 Å². The Balaban J connectivity index is 3.39. The van der Waals surface area contributed by atoms with Gasteiger partial charge in [0.05, 0.1) is 0 Å². The Hall–Kier alpha value is -1.32. The summed E-state index contributed by atoms with van der Waals surface area (Å²) < 4.78 is 0. The van der Waals surface area contributed by atoms with Crippen LogP contribution in [0.2, 0.25) is 0 Å². The van der Waals surface area contributed by atoms with E-state index in [1.165, 1.54) is 18.9 Å². The first kappa shape index (κ1) is 14.7. The van der Waals surface area contributed by atoms with Crippen LogP contribution < -0.4 is 5.32 Å². The van der Waals surface area contributed by atoms with Crippen molar-refractivity contribution in [1.82, 2.24) is 5.32 Å². The normalized spacial score (nSPS) is 10.6. The number of unbranched alkanes of at least 4 members (excludes halogenated alkanes) is 3. The summed E-state index contributed by atoms with van der Waals surface area (Å²) in [5, 5.41) is 11.0. The van der Waals surface area contributed by atoms with Crippen molar-refractivity contribution in [3.63, 3.8) is 0 Å². The molecule has 0 unspecified atom stereocenters. The Morgan fingerprint density at radius 3 is 2.62 bits per heavy atom. The number of carboxylic acid groups (broad SMARTS) is 1. The average Bonchev–Trinajstić information content (AvgIpc) is 2.24. The molecule has 0 atom stereocenters. The molecule has 0 heterocycles. The van der Waals surface area contributed by atoms with Crippen LogP contribution in [0.4, 0.5) is 0 Å². The van der Waals surface area contributed by atoms with Gasteiger partial charge in [0.15, 0.2) is 0 Å². The summed E-state index contributed by atoms with van der Waals surface area (Å²) in [5.41, 5.74) is 0. The second-order valence-electron chi connectivity index (χ2n) is 3.69. The Kier molecular flexibility index (Phi) is 9.36. The SMILES string of the molecule is CCCCC/C=C/C(=O)NCCCC(=O)O. The minimum atomic E-state index is -0.829. The van der Waals surface area contributed by atoms with Crippen LogP contribution >= 0.6 is 0 Å². The van der Waals surface area contributed by atoms with Crippen molar-refractivity contribution >= 4 is 11.9 Å². The van der Waals surface area contributed by atoms with Crippen molar-refractivity contribution in [2.75, 3.05) is 6.54 Å². The Bertz CT molecular complexity index is 236. The number of hydrogen-bond acceptors (Lipinski definition) is 2. The molecule has 0 saturated heterocycles. The van der Waals surface area contributed by atoms with Crippen LogP contribution in [-0.4, -0.2) is 23.5 Å². The zero-order chi connectivity index (χ0) is 12.2. The molecule has 0 aliphatic heterocycles. The highest BCUT2D eigenvalue weighted by Crippen LogP contribution is 1.99. The lowest BCUT2D eigenvalue weighted by Crippen LogP contribution is -2.22. The number of allylic oxidation sites excluding steroid dienone is 1. The highest BCUT2D eigenvalue weighted by molar-refractivity contribution is 5.87. The summed E-state index contributed by atoms with van der Waals surface area (Å²) in [6, 6.07) is 0. The molecule has 0 aromatic heterocycles. The maximum atomic E-state index is 11.2. The van der Waals surface area contributed by atoms with E-state index >= 15 is 0 Å². The fraction of sp³-hybridized carbons (Fsp3) is 0.667. The van der Waals surface area contributed by atoms with Gasteiger partial charge in [0, 0.05) is 13.0 Å². The van der Waals surface area contributed by atoms with E-state index in [1.54, 1.807) is 0 Å². The van der Waals surface area contributed by atoms with Crippen LogP contribution in [0.15, 0.2) is 12.2 Å². The summed E-state index contributed by atoms with van der Waals surface area (Å²) in [5.74, 6) is -0.966. The molecule has 0 fully saturated rings.